The second-order valence-corrected chi connectivity index (χ2v) is 4.86. The Balaban J connectivity index is 1.88. The first-order chi connectivity index (χ1) is 8.84. The van der Waals surface area contributed by atoms with Crippen molar-refractivity contribution in [2.45, 2.75) is 18.9 Å². The molecule has 0 radical (unpaired) electrons. The van der Waals surface area contributed by atoms with Crippen molar-refractivity contribution in [1.82, 2.24) is 4.98 Å². The molecule has 2 heterocycles. The average Bonchev–Trinajstić information content (AvgIpc) is 2.47. The van der Waals surface area contributed by atoms with Gasteiger partial charge in [-0.2, -0.15) is 0 Å². The summed E-state index contributed by atoms with van der Waals surface area (Å²) >= 11 is 0. The summed E-state index contributed by atoms with van der Waals surface area (Å²) in [6, 6.07) is 10.0. The molecule has 0 saturated carbocycles. The van der Waals surface area contributed by atoms with E-state index in [4.69, 9.17) is 4.74 Å². The zero-order valence-corrected chi connectivity index (χ0v) is 10.2. The van der Waals surface area contributed by atoms with Crippen LogP contribution in [0.1, 0.15) is 24.5 Å². The molecule has 0 aliphatic carbocycles. The molecule has 18 heavy (non-hydrogen) atoms. The summed E-state index contributed by atoms with van der Waals surface area (Å²) in [5.41, 5.74) is 1.89. The van der Waals surface area contributed by atoms with Crippen LogP contribution in [-0.4, -0.2) is 23.3 Å². The van der Waals surface area contributed by atoms with E-state index in [1.54, 1.807) is 6.20 Å². The molecule has 1 saturated heterocycles. The maximum Gasteiger partial charge on any atom is 0.0834 e. The van der Waals surface area contributed by atoms with Crippen molar-refractivity contribution in [2.75, 3.05) is 13.2 Å². The van der Waals surface area contributed by atoms with Crippen molar-refractivity contribution in [2.24, 2.45) is 5.92 Å². The lowest BCUT2D eigenvalue weighted by atomic mass is 9.90. The molecule has 1 N–H and O–H groups in total. The summed E-state index contributed by atoms with van der Waals surface area (Å²) in [7, 11) is 0. The van der Waals surface area contributed by atoms with Gasteiger partial charge in [-0.3, -0.25) is 4.98 Å². The smallest absolute Gasteiger partial charge is 0.0834 e. The Labute approximate surface area is 106 Å². The molecule has 1 unspecified atom stereocenters. The van der Waals surface area contributed by atoms with Crippen LogP contribution in [0.25, 0.3) is 10.9 Å². The van der Waals surface area contributed by atoms with Crippen LogP contribution >= 0.6 is 0 Å². The lowest BCUT2D eigenvalue weighted by Crippen LogP contribution is -2.22. The number of hydrogen-bond acceptors (Lipinski definition) is 3. The van der Waals surface area contributed by atoms with E-state index in [1.807, 2.05) is 30.3 Å². The summed E-state index contributed by atoms with van der Waals surface area (Å²) < 4.78 is 5.33. The Bertz CT molecular complexity index is 535. The summed E-state index contributed by atoms with van der Waals surface area (Å²) in [6.07, 6.45) is 3.22. The summed E-state index contributed by atoms with van der Waals surface area (Å²) in [6.45, 7) is 1.51. The van der Waals surface area contributed by atoms with Gasteiger partial charge in [0.2, 0.25) is 0 Å². The molecule has 1 aliphatic rings. The molecule has 1 aromatic heterocycles. The Morgan fingerprint density at radius 2 is 2.00 bits per heavy atom. The molecule has 3 rings (SSSR count). The normalized spacial score (nSPS) is 18.9. The molecule has 0 amide bonds. The van der Waals surface area contributed by atoms with Gasteiger partial charge in [0.25, 0.3) is 0 Å². The van der Waals surface area contributed by atoms with Gasteiger partial charge in [-0.05, 0) is 36.5 Å². The lowest BCUT2D eigenvalue weighted by Gasteiger charge is -2.26. The van der Waals surface area contributed by atoms with Crippen molar-refractivity contribution >= 4 is 10.9 Å². The van der Waals surface area contributed by atoms with Crippen molar-refractivity contribution < 1.29 is 9.84 Å². The molecular formula is C15H17NO2. The molecule has 0 spiro atoms. The van der Waals surface area contributed by atoms with Crippen LogP contribution in [0.4, 0.5) is 0 Å². The number of aliphatic hydroxyl groups excluding tert-OH is 1. The number of pyridine rings is 1. The van der Waals surface area contributed by atoms with Gasteiger partial charge in [-0.1, -0.05) is 18.2 Å². The quantitative estimate of drug-likeness (QED) is 0.881. The van der Waals surface area contributed by atoms with E-state index in [9.17, 15) is 5.11 Å². The SMILES string of the molecule is OC(c1cnc2ccccc2c1)C1CCOCC1. The summed E-state index contributed by atoms with van der Waals surface area (Å²) in [5.74, 6) is 0.293. The first-order valence-corrected chi connectivity index (χ1v) is 6.45. The number of aliphatic hydroxyl groups is 1. The van der Waals surface area contributed by atoms with E-state index in [1.165, 1.54) is 0 Å². The van der Waals surface area contributed by atoms with Crippen LogP contribution < -0.4 is 0 Å². The number of para-hydroxylation sites is 1. The Kier molecular flexibility index (Phi) is 3.26. The first kappa shape index (κ1) is 11.6. The molecule has 2 aromatic rings. The van der Waals surface area contributed by atoms with E-state index in [0.29, 0.717) is 5.92 Å². The molecule has 94 valence electrons. The van der Waals surface area contributed by atoms with Gasteiger partial charge < -0.3 is 9.84 Å². The lowest BCUT2D eigenvalue weighted by molar-refractivity contribution is 0.00712. The van der Waals surface area contributed by atoms with Crippen molar-refractivity contribution in [3.05, 3.63) is 42.1 Å². The third kappa shape index (κ3) is 2.24. The number of nitrogens with zero attached hydrogens (tertiary/aromatic N) is 1. The Hall–Kier alpha value is -1.45. The van der Waals surface area contributed by atoms with Gasteiger partial charge in [0.1, 0.15) is 0 Å². The Morgan fingerprint density at radius 1 is 1.22 bits per heavy atom. The monoisotopic (exact) mass is 243 g/mol. The van der Waals surface area contributed by atoms with Crippen LogP contribution in [0.15, 0.2) is 36.5 Å². The minimum atomic E-state index is -0.425. The topological polar surface area (TPSA) is 42.4 Å². The van der Waals surface area contributed by atoms with Crippen LogP contribution in [0, 0.1) is 5.92 Å². The zero-order chi connectivity index (χ0) is 12.4. The second-order valence-electron chi connectivity index (χ2n) is 4.86. The zero-order valence-electron chi connectivity index (χ0n) is 10.2. The van der Waals surface area contributed by atoms with E-state index >= 15 is 0 Å². The van der Waals surface area contributed by atoms with Crippen LogP contribution in [0.3, 0.4) is 0 Å². The highest BCUT2D eigenvalue weighted by molar-refractivity contribution is 5.78. The molecule has 3 nitrogen and oxygen atoms in total. The summed E-state index contributed by atoms with van der Waals surface area (Å²) in [4.78, 5) is 4.41. The highest BCUT2D eigenvalue weighted by Crippen LogP contribution is 2.30. The van der Waals surface area contributed by atoms with Gasteiger partial charge >= 0.3 is 0 Å². The number of hydrogen-bond donors (Lipinski definition) is 1. The largest absolute Gasteiger partial charge is 0.388 e. The highest BCUT2D eigenvalue weighted by Gasteiger charge is 2.23. The maximum absolute atomic E-state index is 10.4. The van der Waals surface area contributed by atoms with Crippen molar-refractivity contribution in [3.8, 4) is 0 Å². The number of aromatic nitrogens is 1. The van der Waals surface area contributed by atoms with E-state index in [-0.39, 0.29) is 0 Å². The first-order valence-electron chi connectivity index (χ1n) is 6.45. The standard InChI is InChI=1S/C15H17NO2/c17-15(11-5-7-18-8-6-11)13-9-12-3-1-2-4-14(12)16-10-13/h1-4,9-11,15,17H,5-8H2. The molecule has 3 heteroatoms. The molecular weight excluding hydrogens is 226 g/mol. The van der Waals surface area contributed by atoms with E-state index < -0.39 is 6.10 Å². The molecule has 0 bridgehead atoms. The molecule has 1 aliphatic heterocycles. The second kappa shape index (κ2) is 5.04. The van der Waals surface area contributed by atoms with E-state index in [2.05, 4.69) is 4.98 Å². The fraction of sp³-hybridized carbons (Fsp3) is 0.400. The van der Waals surface area contributed by atoms with Gasteiger partial charge in [0.05, 0.1) is 11.6 Å². The van der Waals surface area contributed by atoms with Gasteiger partial charge in [0.15, 0.2) is 0 Å². The fourth-order valence-corrected chi connectivity index (χ4v) is 2.55. The number of ether oxygens (including phenoxy) is 1. The molecule has 1 atom stereocenters. The van der Waals surface area contributed by atoms with Crippen LogP contribution in [0.5, 0.6) is 0 Å². The third-order valence-electron chi connectivity index (χ3n) is 3.67. The maximum atomic E-state index is 10.4. The van der Waals surface area contributed by atoms with Crippen LogP contribution in [0.2, 0.25) is 0 Å². The predicted molar refractivity (Wildman–Crippen MR) is 70.2 cm³/mol. The number of benzene rings is 1. The summed E-state index contributed by atoms with van der Waals surface area (Å²) in [5, 5.41) is 11.5. The van der Waals surface area contributed by atoms with Gasteiger partial charge in [-0.25, -0.2) is 0 Å². The minimum absolute atomic E-state index is 0.293. The fourth-order valence-electron chi connectivity index (χ4n) is 2.55. The minimum Gasteiger partial charge on any atom is -0.388 e. The van der Waals surface area contributed by atoms with Crippen molar-refractivity contribution in [1.29, 1.82) is 0 Å². The van der Waals surface area contributed by atoms with Gasteiger partial charge in [0, 0.05) is 24.8 Å². The molecule has 1 fully saturated rings. The third-order valence-corrected chi connectivity index (χ3v) is 3.67. The van der Waals surface area contributed by atoms with Crippen molar-refractivity contribution in [3.63, 3.8) is 0 Å². The predicted octanol–water partition coefficient (Wildman–Crippen LogP) is 2.69. The van der Waals surface area contributed by atoms with Gasteiger partial charge in [-0.15, -0.1) is 0 Å². The highest BCUT2D eigenvalue weighted by atomic mass is 16.5. The number of fused-ring (bicyclic) bond motifs is 1. The average molecular weight is 243 g/mol. The van der Waals surface area contributed by atoms with Crippen LogP contribution in [-0.2, 0) is 4.74 Å². The number of rotatable bonds is 2. The van der Waals surface area contributed by atoms with E-state index in [0.717, 1.165) is 42.5 Å². The molecule has 1 aromatic carbocycles. The Morgan fingerprint density at radius 3 is 2.83 bits per heavy atom.